The highest BCUT2D eigenvalue weighted by molar-refractivity contribution is 9.10. The second-order valence-corrected chi connectivity index (χ2v) is 3.42. The van der Waals surface area contributed by atoms with Crippen LogP contribution in [-0.2, 0) is 0 Å². The zero-order valence-corrected chi connectivity index (χ0v) is 8.24. The quantitative estimate of drug-likeness (QED) is 0.722. The highest BCUT2D eigenvalue weighted by Gasteiger charge is 2.08. The molecule has 5 heteroatoms. The first-order valence-corrected chi connectivity index (χ1v) is 4.17. The Hall–Kier alpha value is -0.120. The summed E-state index contributed by atoms with van der Waals surface area (Å²) >= 11 is 13.9. The normalized spacial score (nSPS) is 9.73. The van der Waals surface area contributed by atoms with Crippen LogP contribution in [0, 0.1) is 0 Å². The van der Waals surface area contributed by atoms with E-state index in [-0.39, 0.29) is 10.7 Å². The molecule has 0 saturated heterocycles. The summed E-state index contributed by atoms with van der Waals surface area (Å²) in [7, 11) is 0. The molecule has 0 saturated carbocycles. The first kappa shape index (κ1) is 8.97. The van der Waals surface area contributed by atoms with Crippen molar-refractivity contribution in [3.63, 3.8) is 0 Å². The molecule has 0 fully saturated rings. The Morgan fingerprint density at radius 1 is 1.64 bits per heavy atom. The van der Waals surface area contributed by atoms with E-state index in [4.69, 9.17) is 23.2 Å². The van der Waals surface area contributed by atoms with E-state index in [0.29, 0.717) is 4.47 Å². The van der Waals surface area contributed by atoms with Crippen molar-refractivity contribution in [2.24, 2.45) is 0 Å². The van der Waals surface area contributed by atoms with Gasteiger partial charge in [-0.2, -0.15) is 0 Å². The smallest absolute Gasteiger partial charge is 0.272 e. The van der Waals surface area contributed by atoms with Gasteiger partial charge in [-0.05, 0) is 33.6 Å². The van der Waals surface area contributed by atoms with Crippen molar-refractivity contribution in [2.75, 3.05) is 0 Å². The molecule has 0 aliphatic carbocycles. The van der Waals surface area contributed by atoms with Gasteiger partial charge in [0, 0.05) is 10.7 Å². The third-order valence-electron chi connectivity index (χ3n) is 0.994. The molecule has 1 rings (SSSR count). The van der Waals surface area contributed by atoms with Crippen molar-refractivity contribution < 1.29 is 4.79 Å². The van der Waals surface area contributed by atoms with Crippen LogP contribution in [0.1, 0.15) is 10.5 Å². The van der Waals surface area contributed by atoms with Gasteiger partial charge in [0.1, 0.15) is 5.69 Å². The Balaban J connectivity index is 3.20. The fraction of sp³-hybridized carbons (Fsp3) is 0. The molecule has 1 aromatic heterocycles. The van der Waals surface area contributed by atoms with E-state index in [1.54, 1.807) is 6.07 Å². The minimum Gasteiger partial charge on any atom is -0.274 e. The molecule has 1 aromatic rings. The summed E-state index contributed by atoms with van der Waals surface area (Å²) in [5, 5.41) is -0.401. The topological polar surface area (TPSA) is 30.0 Å². The summed E-state index contributed by atoms with van der Waals surface area (Å²) < 4.78 is 0.712. The monoisotopic (exact) mass is 253 g/mol. The summed E-state index contributed by atoms with van der Waals surface area (Å²) in [6, 6.07) is 1.56. The van der Waals surface area contributed by atoms with Crippen LogP contribution < -0.4 is 0 Å². The number of hydrogen-bond donors (Lipinski definition) is 0. The summed E-state index contributed by atoms with van der Waals surface area (Å²) in [6.07, 6.45) is 1.46. The standard InChI is InChI=1S/C6H2BrCl2NO/c7-3-1-4(8)5(6(9)11)10-2-3/h1-2H. The molecule has 0 unspecified atom stereocenters. The first-order chi connectivity index (χ1) is 5.11. The Kier molecular flexibility index (Phi) is 2.87. The van der Waals surface area contributed by atoms with Crippen LogP contribution >= 0.6 is 39.1 Å². The van der Waals surface area contributed by atoms with E-state index in [0.717, 1.165) is 0 Å². The van der Waals surface area contributed by atoms with Crippen molar-refractivity contribution in [1.82, 2.24) is 4.98 Å². The van der Waals surface area contributed by atoms with Crippen molar-refractivity contribution in [3.05, 3.63) is 27.5 Å². The molecule has 0 atom stereocenters. The predicted molar refractivity (Wildman–Crippen MR) is 47.1 cm³/mol. The second-order valence-electron chi connectivity index (χ2n) is 1.76. The van der Waals surface area contributed by atoms with Gasteiger partial charge in [0.05, 0.1) is 5.02 Å². The van der Waals surface area contributed by atoms with E-state index >= 15 is 0 Å². The molecule has 11 heavy (non-hydrogen) atoms. The van der Waals surface area contributed by atoms with Crippen LogP contribution in [0.15, 0.2) is 16.7 Å². The molecular formula is C6H2BrCl2NO. The molecule has 0 spiro atoms. The zero-order chi connectivity index (χ0) is 8.43. The van der Waals surface area contributed by atoms with Crippen LogP contribution in [0.4, 0.5) is 0 Å². The van der Waals surface area contributed by atoms with E-state index in [9.17, 15) is 4.79 Å². The van der Waals surface area contributed by atoms with Crippen molar-refractivity contribution in [2.45, 2.75) is 0 Å². The number of halogens is 3. The van der Waals surface area contributed by atoms with E-state index in [1.807, 2.05) is 0 Å². The lowest BCUT2D eigenvalue weighted by molar-refractivity contribution is 0.107. The van der Waals surface area contributed by atoms with Crippen molar-refractivity contribution in [1.29, 1.82) is 0 Å². The minimum absolute atomic E-state index is 0.0801. The summed E-state index contributed by atoms with van der Waals surface area (Å²) in [6.45, 7) is 0. The maximum Gasteiger partial charge on any atom is 0.272 e. The molecule has 0 aromatic carbocycles. The van der Waals surface area contributed by atoms with Gasteiger partial charge in [0.2, 0.25) is 0 Å². The molecule has 0 radical (unpaired) electrons. The Morgan fingerprint density at radius 3 is 2.73 bits per heavy atom. The Bertz CT molecular complexity index is 303. The number of nitrogens with zero attached hydrogens (tertiary/aromatic N) is 1. The Morgan fingerprint density at radius 2 is 2.27 bits per heavy atom. The summed E-state index contributed by atoms with van der Waals surface area (Å²) in [4.78, 5) is 14.3. The van der Waals surface area contributed by atoms with E-state index in [1.165, 1.54) is 6.20 Å². The Labute approximate surface area is 81.7 Å². The van der Waals surface area contributed by atoms with Gasteiger partial charge < -0.3 is 0 Å². The molecule has 1 heterocycles. The number of carbonyl (C=O) groups excluding carboxylic acids is 1. The average molecular weight is 255 g/mol. The van der Waals surface area contributed by atoms with Crippen LogP contribution in [0.2, 0.25) is 5.02 Å². The fourth-order valence-electron chi connectivity index (χ4n) is 0.559. The van der Waals surface area contributed by atoms with Crippen molar-refractivity contribution >= 4 is 44.4 Å². The van der Waals surface area contributed by atoms with Gasteiger partial charge in [0.25, 0.3) is 5.24 Å². The van der Waals surface area contributed by atoms with Crippen LogP contribution in [0.5, 0.6) is 0 Å². The predicted octanol–water partition coefficient (Wildman–Crippen LogP) is 2.88. The van der Waals surface area contributed by atoms with Crippen LogP contribution in [0.3, 0.4) is 0 Å². The largest absolute Gasteiger partial charge is 0.274 e. The average Bonchev–Trinajstić information content (AvgIpc) is 1.85. The summed E-state index contributed by atoms with van der Waals surface area (Å²) in [5.74, 6) is 0. The highest BCUT2D eigenvalue weighted by atomic mass is 79.9. The minimum atomic E-state index is -0.650. The van der Waals surface area contributed by atoms with Gasteiger partial charge in [-0.15, -0.1) is 0 Å². The molecule has 0 amide bonds. The molecule has 58 valence electrons. The first-order valence-electron chi connectivity index (χ1n) is 2.62. The lowest BCUT2D eigenvalue weighted by Gasteiger charge is -1.96. The number of pyridine rings is 1. The van der Waals surface area contributed by atoms with Crippen LogP contribution in [0.25, 0.3) is 0 Å². The van der Waals surface area contributed by atoms with Crippen molar-refractivity contribution in [3.8, 4) is 0 Å². The van der Waals surface area contributed by atoms with Gasteiger partial charge in [-0.25, -0.2) is 4.98 Å². The lowest BCUT2D eigenvalue weighted by atomic mass is 10.4. The number of rotatable bonds is 1. The molecule has 0 bridgehead atoms. The molecule has 2 nitrogen and oxygen atoms in total. The maximum absolute atomic E-state index is 10.6. The van der Waals surface area contributed by atoms with E-state index in [2.05, 4.69) is 20.9 Å². The second kappa shape index (κ2) is 3.52. The van der Waals surface area contributed by atoms with E-state index < -0.39 is 5.24 Å². The van der Waals surface area contributed by atoms with Gasteiger partial charge in [-0.1, -0.05) is 11.6 Å². The molecule has 0 aliphatic rings. The third kappa shape index (κ3) is 2.15. The van der Waals surface area contributed by atoms with Gasteiger partial charge in [-0.3, -0.25) is 4.79 Å². The lowest BCUT2D eigenvalue weighted by Crippen LogP contribution is -1.94. The summed E-state index contributed by atoms with van der Waals surface area (Å²) in [5.41, 5.74) is 0.0801. The maximum atomic E-state index is 10.6. The molecular weight excluding hydrogens is 253 g/mol. The highest BCUT2D eigenvalue weighted by Crippen LogP contribution is 2.19. The third-order valence-corrected chi connectivity index (χ3v) is 1.89. The van der Waals surface area contributed by atoms with Crippen LogP contribution in [-0.4, -0.2) is 10.2 Å². The fourth-order valence-corrected chi connectivity index (χ4v) is 1.47. The van der Waals surface area contributed by atoms with Gasteiger partial charge in [0.15, 0.2) is 0 Å². The SMILES string of the molecule is O=C(Cl)c1ncc(Br)cc1Cl. The number of aromatic nitrogens is 1. The molecule has 0 aliphatic heterocycles. The van der Waals surface area contributed by atoms with Gasteiger partial charge >= 0.3 is 0 Å². The number of carbonyl (C=O) groups is 1. The zero-order valence-electron chi connectivity index (χ0n) is 5.14. The molecule has 0 N–H and O–H groups in total. The number of hydrogen-bond acceptors (Lipinski definition) is 2.